The smallest absolute Gasteiger partial charge is 0.304 e. The quantitative estimate of drug-likeness (QED) is 0.652. The summed E-state index contributed by atoms with van der Waals surface area (Å²) in [6.07, 6.45) is 0. The van der Waals surface area contributed by atoms with Crippen LogP contribution in [0.3, 0.4) is 0 Å². The Morgan fingerprint density at radius 1 is 1.24 bits per heavy atom. The van der Waals surface area contributed by atoms with Crippen LogP contribution in [0.2, 0.25) is 0 Å². The minimum atomic E-state index is -0.796. The zero-order chi connectivity index (χ0) is 15.2. The van der Waals surface area contributed by atoms with Gasteiger partial charge in [0, 0.05) is 19.2 Å². The van der Waals surface area contributed by atoms with Crippen LogP contribution in [0.4, 0.5) is 10.1 Å². The second-order valence-corrected chi connectivity index (χ2v) is 4.99. The largest absolute Gasteiger partial charge is 0.312 e. The summed E-state index contributed by atoms with van der Waals surface area (Å²) in [5.41, 5.74) is 1.44. The van der Waals surface area contributed by atoms with Gasteiger partial charge in [-0.1, -0.05) is 43.3 Å². The first-order valence-corrected chi connectivity index (χ1v) is 6.76. The van der Waals surface area contributed by atoms with E-state index in [-0.39, 0.29) is 0 Å². The van der Waals surface area contributed by atoms with Gasteiger partial charge in [0.25, 0.3) is 0 Å². The van der Waals surface area contributed by atoms with Crippen molar-refractivity contribution in [1.82, 2.24) is 5.32 Å². The van der Waals surface area contributed by atoms with Crippen molar-refractivity contribution in [3.8, 4) is 0 Å². The molecule has 0 aliphatic heterocycles. The molecule has 5 heteroatoms. The van der Waals surface area contributed by atoms with E-state index in [9.17, 15) is 14.5 Å². The van der Waals surface area contributed by atoms with E-state index in [0.717, 1.165) is 6.54 Å². The van der Waals surface area contributed by atoms with Crippen molar-refractivity contribution in [3.63, 3.8) is 0 Å². The molecule has 110 valence electrons. The molecule has 0 heterocycles. The van der Waals surface area contributed by atoms with Crippen molar-refractivity contribution >= 4 is 5.69 Å². The number of nitrogens with one attached hydrogen (secondary N) is 1. The van der Waals surface area contributed by atoms with E-state index >= 15 is 0 Å². The van der Waals surface area contributed by atoms with Gasteiger partial charge in [-0.15, -0.1) is 0 Å². The average Bonchev–Trinajstić information content (AvgIpc) is 2.47. The molecule has 1 unspecified atom stereocenters. The van der Waals surface area contributed by atoms with E-state index in [4.69, 9.17) is 0 Å². The topological polar surface area (TPSA) is 55.2 Å². The zero-order valence-corrected chi connectivity index (χ0v) is 11.8. The van der Waals surface area contributed by atoms with Crippen LogP contribution < -0.4 is 5.32 Å². The Hall–Kier alpha value is -2.27. The summed E-state index contributed by atoms with van der Waals surface area (Å²) in [5.74, 6) is -0.454. The standard InChI is InChI=1S/C16H17FN2O2/c1-12(14-5-3-2-4-6-14)10-18-11-13-7-8-16(19(20)21)15(17)9-13/h2-9,12,18H,10-11H2,1H3. The molecule has 0 aromatic heterocycles. The minimum Gasteiger partial charge on any atom is -0.312 e. The lowest BCUT2D eigenvalue weighted by Gasteiger charge is -2.13. The van der Waals surface area contributed by atoms with Crippen molar-refractivity contribution in [1.29, 1.82) is 0 Å². The lowest BCUT2D eigenvalue weighted by Crippen LogP contribution is -2.19. The lowest BCUT2D eigenvalue weighted by atomic mass is 10.0. The van der Waals surface area contributed by atoms with Crippen LogP contribution in [0.15, 0.2) is 48.5 Å². The predicted octanol–water partition coefficient (Wildman–Crippen LogP) is 3.63. The molecule has 2 aromatic carbocycles. The molecule has 21 heavy (non-hydrogen) atoms. The first-order chi connectivity index (χ1) is 10.1. The molecular formula is C16H17FN2O2. The monoisotopic (exact) mass is 288 g/mol. The van der Waals surface area contributed by atoms with Crippen molar-refractivity contribution in [2.75, 3.05) is 6.54 Å². The number of hydrogen-bond acceptors (Lipinski definition) is 3. The number of nitro benzene ring substituents is 1. The predicted molar refractivity (Wildman–Crippen MR) is 79.6 cm³/mol. The van der Waals surface area contributed by atoms with Crippen LogP contribution in [-0.2, 0) is 6.54 Å². The number of rotatable bonds is 6. The minimum absolute atomic E-state index is 0.342. The van der Waals surface area contributed by atoms with Crippen LogP contribution >= 0.6 is 0 Å². The Morgan fingerprint density at radius 3 is 2.57 bits per heavy atom. The molecule has 0 saturated heterocycles. The Balaban J connectivity index is 1.89. The summed E-state index contributed by atoms with van der Waals surface area (Å²) in [7, 11) is 0. The maximum absolute atomic E-state index is 13.5. The molecule has 0 amide bonds. The summed E-state index contributed by atoms with van der Waals surface area (Å²) in [4.78, 5) is 9.82. The second-order valence-electron chi connectivity index (χ2n) is 4.99. The Bertz CT molecular complexity index is 617. The molecule has 0 aliphatic rings. The molecule has 4 nitrogen and oxygen atoms in total. The highest BCUT2D eigenvalue weighted by Crippen LogP contribution is 2.18. The van der Waals surface area contributed by atoms with Gasteiger partial charge in [0.1, 0.15) is 0 Å². The summed E-state index contributed by atoms with van der Waals surface area (Å²) in [5, 5.41) is 13.8. The van der Waals surface area contributed by atoms with Gasteiger partial charge in [-0.3, -0.25) is 10.1 Å². The van der Waals surface area contributed by atoms with Gasteiger partial charge in [-0.25, -0.2) is 0 Å². The van der Waals surface area contributed by atoms with E-state index < -0.39 is 16.4 Å². The summed E-state index contributed by atoms with van der Waals surface area (Å²) in [6, 6.07) is 14.1. The van der Waals surface area contributed by atoms with Gasteiger partial charge >= 0.3 is 5.69 Å². The lowest BCUT2D eigenvalue weighted by molar-refractivity contribution is -0.387. The number of halogens is 1. The van der Waals surface area contributed by atoms with Gasteiger partial charge in [0.05, 0.1) is 4.92 Å². The third-order valence-corrected chi connectivity index (χ3v) is 3.36. The van der Waals surface area contributed by atoms with Crippen LogP contribution in [0.25, 0.3) is 0 Å². The molecule has 0 saturated carbocycles. The summed E-state index contributed by atoms with van der Waals surface area (Å²) < 4.78 is 13.5. The van der Waals surface area contributed by atoms with Gasteiger partial charge in [-0.2, -0.15) is 4.39 Å². The summed E-state index contributed by atoms with van der Waals surface area (Å²) >= 11 is 0. The number of nitro groups is 1. The first kappa shape index (κ1) is 15.1. The highest BCUT2D eigenvalue weighted by Gasteiger charge is 2.13. The second kappa shape index (κ2) is 6.95. The third-order valence-electron chi connectivity index (χ3n) is 3.36. The van der Waals surface area contributed by atoms with E-state index in [1.54, 1.807) is 6.07 Å². The van der Waals surface area contributed by atoms with Crippen molar-refractivity contribution in [3.05, 3.63) is 75.6 Å². The molecule has 0 radical (unpaired) electrons. The van der Waals surface area contributed by atoms with E-state index in [2.05, 4.69) is 24.4 Å². The zero-order valence-electron chi connectivity index (χ0n) is 11.8. The van der Waals surface area contributed by atoms with E-state index in [0.29, 0.717) is 18.0 Å². The maximum Gasteiger partial charge on any atom is 0.304 e. The molecule has 0 fully saturated rings. The van der Waals surface area contributed by atoms with Crippen molar-refractivity contribution < 1.29 is 9.31 Å². The first-order valence-electron chi connectivity index (χ1n) is 6.76. The van der Waals surface area contributed by atoms with Crippen LogP contribution in [0.1, 0.15) is 24.0 Å². The molecule has 1 N–H and O–H groups in total. The highest BCUT2D eigenvalue weighted by molar-refractivity contribution is 5.35. The number of benzene rings is 2. The molecule has 0 bridgehead atoms. The molecule has 2 aromatic rings. The maximum atomic E-state index is 13.5. The SMILES string of the molecule is CC(CNCc1ccc([N+](=O)[O-])c(F)c1)c1ccccc1. The van der Waals surface area contributed by atoms with Gasteiger partial charge in [0.2, 0.25) is 5.82 Å². The fourth-order valence-corrected chi connectivity index (χ4v) is 2.14. The van der Waals surface area contributed by atoms with E-state index in [1.165, 1.54) is 17.7 Å². The molecule has 0 aliphatic carbocycles. The Kier molecular flexibility index (Phi) is 5.00. The van der Waals surface area contributed by atoms with Gasteiger partial charge in [0.15, 0.2) is 0 Å². The van der Waals surface area contributed by atoms with Gasteiger partial charge in [-0.05, 0) is 23.1 Å². The van der Waals surface area contributed by atoms with Crippen LogP contribution in [-0.4, -0.2) is 11.5 Å². The number of nitrogens with zero attached hydrogens (tertiary/aromatic N) is 1. The Morgan fingerprint density at radius 2 is 1.95 bits per heavy atom. The van der Waals surface area contributed by atoms with Crippen molar-refractivity contribution in [2.45, 2.75) is 19.4 Å². The summed E-state index contributed by atoms with van der Waals surface area (Å²) in [6.45, 7) is 3.34. The van der Waals surface area contributed by atoms with Crippen molar-refractivity contribution in [2.24, 2.45) is 0 Å². The van der Waals surface area contributed by atoms with Gasteiger partial charge < -0.3 is 5.32 Å². The Labute approximate surface area is 122 Å². The van der Waals surface area contributed by atoms with Crippen LogP contribution in [0.5, 0.6) is 0 Å². The average molecular weight is 288 g/mol. The molecule has 1 atom stereocenters. The molecular weight excluding hydrogens is 271 g/mol. The number of hydrogen-bond donors (Lipinski definition) is 1. The fraction of sp³-hybridized carbons (Fsp3) is 0.250. The highest BCUT2D eigenvalue weighted by atomic mass is 19.1. The molecule has 2 rings (SSSR count). The fourth-order valence-electron chi connectivity index (χ4n) is 2.14. The van der Waals surface area contributed by atoms with Crippen LogP contribution in [0, 0.1) is 15.9 Å². The van der Waals surface area contributed by atoms with E-state index in [1.807, 2.05) is 18.2 Å². The third kappa shape index (κ3) is 4.10. The normalized spacial score (nSPS) is 12.1. The molecule has 0 spiro atoms.